The van der Waals surface area contributed by atoms with E-state index in [1.807, 2.05) is 42.5 Å². The number of fused-ring (bicyclic) bond motifs is 1. The molecular formula is C16H14O3S. The normalized spacial score (nSPS) is 21.4. The number of carbonyl (C=O) groups is 1. The van der Waals surface area contributed by atoms with Gasteiger partial charge in [-0.2, -0.15) is 0 Å². The van der Waals surface area contributed by atoms with Crippen molar-refractivity contribution in [1.29, 1.82) is 0 Å². The summed E-state index contributed by atoms with van der Waals surface area (Å²) in [5, 5.41) is 3.77. The van der Waals surface area contributed by atoms with Crippen LogP contribution in [0, 0.1) is 0 Å². The van der Waals surface area contributed by atoms with Crippen LogP contribution in [0.3, 0.4) is 0 Å². The van der Waals surface area contributed by atoms with Crippen LogP contribution in [-0.4, -0.2) is 28.5 Å². The first-order valence-electron chi connectivity index (χ1n) is 6.41. The van der Waals surface area contributed by atoms with Gasteiger partial charge in [0.1, 0.15) is 6.61 Å². The molecule has 0 saturated carbocycles. The summed E-state index contributed by atoms with van der Waals surface area (Å²) in [6, 6.07) is 13.5. The molecular weight excluding hydrogens is 272 g/mol. The van der Waals surface area contributed by atoms with Gasteiger partial charge >= 0.3 is 0 Å². The largest absolute Gasteiger partial charge is 0.365 e. The zero-order chi connectivity index (χ0) is 13.9. The predicted molar refractivity (Wildman–Crippen MR) is 80.2 cm³/mol. The highest BCUT2D eigenvalue weighted by molar-refractivity contribution is 7.88. The Hall–Kier alpha value is -1.78. The molecule has 0 fully saturated rings. The van der Waals surface area contributed by atoms with Gasteiger partial charge in [-0.3, -0.25) is 9.00 Å². The lowest BCUT2D eigenvalue weighted by molar-refractivity contribution is 0.0672. The Morgan fingerprint density at radius 1 is 1.20 bits per heavy atom. The first-order valence-corrected chi connectivity index (χ1v) is 7.80. The molecule has 2 atom stereocenters. The average Bonchev–Trinajstić information content (AvgIpc) is 2.90. The van der Waals surface area contributed by atoms with E-state index in [0.717, 1.165) is 10.8 Å². The van der Waals surface area contributed by atoms with Crippen molar-refractivity contribution in [3.8, 4) is 0 Å². The van der Waals surface area contributed by atoms with Crippen molar-refractivity contribution in [3.63, 3.8) is 0 Å². The van der Waals surface area contributed by atoms with Gasteiger partial charge in [-0.05, 0) is 22.9 Å². The Bertz CT molecular complexity index is 706. The molecule has 1 heterocycles. The summed E-state index contributed by atoms with van der Waals surface area (Å²) in [7, 11) is -0.948. The first kappa shape index (κ1) is 13.2. The molecule has 0 spiro atoms. The second-order valence-corrected chi connectivity index (χ2v) is 6.08. The predicted octanol–water partition coefficient (Wildman–Crippen LogP) is 2.68. The molecule has 1 aliphatic rings. The number of carbonyl (C=O) groups excluding carboxylic acids is 1. The summed E-state index contributed by atoms with van der Waals surface area (Å²) in [4.78, 5) is 12.1. The van der Waals surface area contributed by atoms with Crippen molar-refractivity contribution in [2.24, 2.45) is 0 Å². The summed E-state index contributed by atoms with van der Waals surface area (Å²) >= 11 is 0. The monoisotopic (exact) mass is 286 g/mol. The van der Waals surface area contributed by atoms with Crippen LogP contribution in [0.15, 0.2) is 53.9 Å². The summed E-state index contributed by atoms with van der Waals surface area (Å²) < 4.78 is 16.6. The van der Waals surface area contributed by atoms with Gasteiger partial charge in [-0.15, -0.1) is 0 Å². The maximum absolute atomic E-state index is 12.1. The van der Waals surface area contributed by atoms with Crippen molar-refractivity contribution < 1.29 is 13.7 Å². The molecule has 0 radical (unpaired) electrons. The molecule has 3 rings (SSSR count). The third kappa shape index (κ3) is 2.86. The zero-order valence-electron chi connectivity index (χ0n) is 10.8. The van der Waals surface area contributed by atoms with Gasteiger partial charge in [0.05, 0.1) is 11.9 Å². The fourth-order valence-corrected chi connectivity index (χ4v) is 3.17. The van der Waals surface area contributed by atoms with Crippen molar-refractivity contribution in [2.75, 3.05) is 12.4 Å². The van der Waals surface area contributed by atoms with Crippen LogP contribution in [0.25, 0.3) is 10.8 Å². The molecule has 20 heavy (non-hydrogen) atoms. The molecule has 2 aromatic rings. The highest BCUT2D eigenvalue weighted by Gasteiger charge is 2.17. The SMILES string of the molecule is O=C(COC1C=CS(=O)C1)c1ccc2ccccc2c1. The van der Waals surface area contributed by atoms with E-state index in [4.69, 9.17) is 4.74 Å². The maximum Gasteiger partial charge on any atom is 0.188 e. The fraction of sp³-hybridized carbons (Fsp3) is 0.188. The topological polar surface area (TPSA) is 43.4 Å². The van der Waals surface area contributed by atoms with Crippen molar-refractivity contribution >= 4 is 27.4 Å². The smallest absolute Gasteiger partial charge is 0.188 e. The average molecular weight is 286 g/mol. The molecule has 4 heteroatoms. The molecule has 0 saturated heterocycles. The Morgan fingerprint density at radius 3 is 2.75 bits per heavy atom. The number of ether oxygens (including phenoxy) is 1. The van der Waals surface area contributed by atoms with Crippen molar-refractivity contribution in [1.82, 2.24) is 0 Å². The van der Waals surface area contributed by atoms with Gasteiger partial charge in [0.15, 0.2) is 5.78 Å². The molecule has 0 amide bonds. The Balaban J connectivity index is 1.69. The van der Waals surface area contributed by atoms with Gasteiger partial charge in [0.25, 0.3) is 0 Å². The van der Waals surface area contributed by atoms with Gasteiger partial charge in [0, 0.05) is 21.8 Å². The summed E-state index contributed by atoms with van der Waals surface area (Å²) in [6.07, 6.45) is 1.55. The minimum Gasteiger partial charge on any atom is -0.365 e. The second-order valence-electron chi connectivity index (χ2n) is 4.71. The zero-order valence-corrected chi connectivity index (χ0v) is 11.6. The minimum absolute atomic E-state index is 0.0184. The van der Waals surface area contributed by atoms with E-state index in [-0.39, 0.29) is 18.5 Å². The maximum atomic E-state index is 12.1. The number of hydrogen-bond donors (Lipinski definition) is 0. The highest BCUT2D eigenvalue weighted by Crippen LogP contribution is 2.16. The molecule has 102 valence electrons. The van der Waals surface area contributed by atoms with E-state index in [2.05, 4.69) is 0 Å². The Kier molecular flexibility index (Phi) is 3.76. The van der Waals surface area contributed by atoms with Crippen molar-refractivity contribution in [3.05, 3.63) is 59.5 Å². The summed E-state index contributed by atoms with van der Waals surface area (Å²) in [5.41, 5.74) is 0.645. The molecule has 2 unspecified atom stereocenters. The minimum atomic E-state index is -0.948. The van der Waals surface area contributed by atoms with Gasteiger partial charge in [0.2, 0.25) is 0 Å². The molecule has 3 nitrogen and oxygen atoms in total. The second kappa shape index (κ2) is 5.69. The molecule has 0 aromatic heterocycles. The Morgan fingerprint density at radius 2 is 2.00 bits per heavy atom. The van der Waals surface area contributed by atoms with Crippen LogP contribution in [0.5, 0.6) is 0 Å². The number of rotatable bonds is 4. The third-order valence-electron chi connectivity index (χ3n) is 3.27. The van der Waals surface area contributed by atoms with E-state index in [1.165, 1.54) is 0 Å². The number of hydrogen-bond acceptors (Lipinski definition) is 3. The molecule has 0 aliphatic carbocycles. The molecule has 0 N–H and O–H groups in total. The molecule has 2 aromatic carbocycles. The number of ketones is 1. The number of Topliss-reactive ketones (excluding diaryl/α,β-unsaturated/α-hetero) is 1. The van der Waals surface area contributed by atoms with Crippen LogP contribution in [0.1, 0.15) is 10.4 Å². The van der Waals surface area contributed by atoms with E-state index in [9.17, 15) is 9.00 Å². The lowest BCUT2D eigenvalue weighted by Gasteiger charge is -2.08. The van der Waals surface area contributed by atoms with Crippen LogP contribution in [-0.2, 0) is 15.5 Å². The van der Waals surface area contributed by atoms with Crippen LogP contribution < -0.4 is 0 Å². The third-order valence-corrected chi connectivity index (χ3v) is 4.39. The summed E-state index contributed by atoms with van der Waals surface area (Å²) in [6.45, 7) is 0.0184. The van der Waals surface area contributed by atoms with Gasteiger partial charge in [-0.1, -0.05) is 36.4 Å². The quantitative estimate of drug-likeness (QED) is 0.812. The molecule has 1 aliphatic heterocycles. The highest BCUT2D eigenvalue weighted by atomic mass is 32.2. The van der Waals surface area contributed by atoms with E-state index < -0.39 is 10.8 Å². The number of benzene rings is 2. The van der Waals surface area contributed by atoms with Crippen LogP contribution >= 0.6 is 0 Å². The standard InChI is InChI=1S/C16H14O3S/c17-16(10-19-15-7-8-20(18)11-15)14-6-5-12-3-1-2-4-13(12)9-14/h1-9,15H,10-11H2. The van der Waals surface area contributed by atoms with Crippen molar-refractivity contribution in [2.45, 2.75) is 6.10 Å². The van der Waals surface area contributed by atoms with Gasteiger partial charge in [-0.25, -0.2) is 0 Å². The van der Waals surface area contributed by atoms with E-state index in [0.29, 0.717) is 11.3 Å². The lowest BCUT2D eigenvalue weighted by atomic mass is 10.0. The van der Waals surface area contributed by atoms with E-state index >= 15 is 0 Å². The summed E-state index contributed by atoms with van der Waals surface area (Å²) in [5.74, 6) is 0.396. The Labute approximate surface area is 119 Å². The molecule has 0 bridgehead atoms. The lowest BCUT2D eigenvalue weighted by Crippen LogP contribution is -2.18. The van der Waals surface area contributed by atoms with E-state index in [1.54, 1.807) is 11.5 Å². The van der Waals surface area contributed by atoms with Crippen LogP contribution in [0.4, 0.5) is 0 Å². The van der Waals surface area contributed by atoms with Crippen LogP contribution in [0.2, 0.25) is 0 Å². The van der Waals surface area contributed by atoms with Gasteiger partial charge < -0.3 is 4.74 Å². The first-order chi connectivity index (χ1) is 9.72. The fourth-order valence-electron chi connectivity index (χ4n) is 2.18.